The molecule has 0 bridgehead atoms. The molecule has 12 heavy (non-hydrogen) atoms. The molecule has 3 N–H and O–H groups in total. The maximum absolute atomic E-state index is 8.76. The van der Waals surface area contributed by atoms with Crippen molar-refractivity contribution in [2.75, 3.05) is 6.61 Å². The Bertz CT molecular complexity index is 273. The molecule has 0 saturated carbocycles. The van der Waals surface area contributed by atoms with E-state index in [-0.39, 0.29) is 6.61 Å². The molecule has 0 amide bonds. The average molecular weight is 164 g/mol. The monoisotopic (exact) mass is 164 g/mol. The summed E-state index contributed by atoms with van der Waals surface area (Å²) in [6.45, 7) is 3.50. The molecule has 1 unspecified atom stereocenters. The zero-order valence-corrected chi connectivity index (χ0v) is 6.77. The molecule has 1 rings (SSSR count). The first-order valence-corrected chi connectivity index (χ1v) is 3.73. The summed E-state index contributed by atoms with van der Waals surface area (Å²) in [7, 11) is 0. The largest absolute Gasteiger partial charge is 0.394 e. The van der Waals surface area contributed by atoms with Gasteiger partial charge in [-0.25, -0.2) is 0 Å². The van der Waals surface area contributed by atoms with E-state index in [9.17, 15) is 0 Å². The lowest BCUT2D eigenvalue weighted by Crippen LogP contribution is -2.16. The van der Waals surface area contributed by atoms with Crippen molar-refractivity contribution >= 4 is 6.08 Å². The minimum Gasteiger partial charge on any atom is -0.394 e. The van der Waals surface area contributed by atoms with Gasteiger partial charge < -0.3 is 10.8 Å². The van der Waals surface area contributed by atoms with E-state index < -0.39 is 6.04 Å². The van der Waals surface area contributed by atoms with Gasteiger partial charge in [-0.2, -0.15) is 0 Å². The summed E-state index contributed by atoms with van der Waals surface area (Å²) in [6, 6.07) is 5.06. The standard InChI is InChI=1S/C9H12N2O/c1-2-7-4-3-5-9(11-7)8(10)6-12/h2-5,8,12H,1,6,10H2. The van der Waals surface area contributed by atoms with E-state index >= 15 is 0 Å². The van der Waals surface area contributed by atoms with Crippen LogP contribution in [0.25, 0.3) is 6.08 Å². The van der Waals surface area contributed by atoms with Gasteiger partial charge in [-0.1, -0.05) is 12.6 Å². The van der Waals surface area contributed by atoms with Crippen molar-refractivity contribution in [3.8, 4) is 0 Å². The van der Waals surface area contributed by atoms with Gasteiger partial charge in [0.05, 0.1) is 24.0 Å². The first-order chi connectivity index (χ1) is 5.77. The van der Waals surface area contributed by atoms with Gasteiger partial charge in [-0.05, 0) is 18.2 Å². The van der Waals surface area contributed by atoms with Gasteiger partial charge in [0, 0.05) is 0 Å². The van der Waals surface area contributed by atoms with E-state index in [1.165, 1.54) is 0 Å². The molecule has 1 aromatic rings. The molecule has 1 atom stereocenters. The van der Waals surface area contributed by atoms with Gasteiger partial charge in [0.2, 0.25) is 0 Å². The zero-order chi connectivity index (χ0) is 8.97. The lowest BCUT2D eigenvalue weighted by Gasteiger charge is -2.07. The van der Waals surface area contributed by atoms with Crippen molar-refractivity contribution in [3.05, 3.63) is 36.2 Å². The molecule has 0 aromatic carbocycles. The highest BCUT2D eigenvalue weighted by Crippen LogP contribution is 2.07. The van der Waals surface area contributed by atoms with Gasteiger partial charge in [0.15, 0.2) is 0 Å². The van der Waals surface area contributed by atoms with E-state index in [1.54, 1.807) is 12.1 Å². The van der Waals surface area contributed by atoms with Crippen LogP contribution >= 0.6 is 0 Å². The minimum absolute atomic E-state index is 0.0897. The van der Waals surface area contributed by atoms with E-state index in [0.717, 1.165) is 5.69 Å². The fraction of sp³-hybridized carbons (Fsp3) is 0.222. The average Bonchev–Trinajstić information content (AvgIpc) is 2.17. The second kappa shape index (κ2) is 3.99. The van der Waals surface area contributed by atoms with Gasteiger partial charge in [-0.15, -0.1) is 0 Å². The summed E-state index contributed by atoms with van der Waals surface area (Å²) >= 11 is 0. The Balaban J connectivity index is 2.93. The van der Waals surface area contributed by atoms with Crippen LogP contribution in [-0.4, -0.2) is 16.7 Å². The molecule has 1 heterocycles. The van der Waals surface area contributed by atoms with Gasteiger partial charge >= 0.3 is 0 Å². The highest BCUT2D eigenvalue weighted by molar-refractivity contribution is 5.41. The fourth-order valence-corrected chi connectivity index (χ4v) is 0.883. The number of hydrogen-bond donors (Lipinski definition) is 2. The van der Waals surface area contributed by atoms with Gasteiger partial charge in [-0.3, -0.25) is 4.98 Å². The summed E-state index contributed by atoms with van der Waals surface area (Å²) in [4.78, 5) is 4.16. The fourth-order valence-electron chi connectivity index (χ4n) is 0.883. The highest BCUT2D eigenvalue weighted by atomic mass is 16.3. The third-order valence-electron chi connectivity index (χ3n) is 1.58. The van der Waals surface area contributed by atoms with Crippen LogP contribution in [0.15, 0.2) is 24.8 Å². The summed E-state index contributed by atoms with van der Waals surface area (Å²) in [5, 5.41) is 8.76. The Kier molecular flexibility index (Phi) is 2.96. The zero-order valence-electron chi connectivity index (χ0n) is 6.77. The quantitative estimate of drug-likeness (QED) is 0.692. The van der Waals surface area contributed by atoms with Crippen LogP contribution in [0, 0.1) is 0 Å². The molecule has 0 saturated heterocycles. The predicted molar refractivity (Wildman–Crippen MR) is 48.3 cm³/mol. The number of aliphatic hydroxyl groups is 1. The SMILES string of the molecule is C=Cc1cccc(C(N)CO)n1. The van der Waals surface area contributed by atoms with Crippen molar-refractivity contribution in [2.24, 2.45) is 5.73 Å². The Morgan fingerprint density at radius 3 is 3.00 bits per heavy atom. The van der Waals surface area contributed by atoms with Crippen molar-refractivity contribution in [3.63, 3.8) is 0 Å². The molecule has 1 aromatic heterocycles. The van der Waals surface area contributed by atoms with E-state index in [1.807, 2.05) is 12.1 Å². The Morgan fingerprint density at radius 1 is 1.67 bits per heavy atom. The lowest BCUT2D eigenvalue weighted by atomic mass is 10.2. The molecule has 0 aliphatic carbocycles. The Labute approximate surface area is 71.6 Å². The first kappa shape index (κ1) is 8.90. The van der Waals surface area contributed by atoms with Crippen molar-refractivity contribution in [2.45, 2.75) is 6.04 Å². The van der Waals surface area contributed by atoms with Gasteiger partial charge in [0.25, 0.3) is 0 Å². The summed E-state index contributed by atoms with van der Waals surface area (Å²) in [6.07, 6.45) is 1.65. The molecule has 64 valence electrons. The number of hydrogen-bond acceptors (Lipinski definition) is 3. The summed E-state index contributed by atoms with van der Waals surface area (Å²) < 4.78 is 0. The van der Waals surface area contributed by atoms with Crippen molar-refractivity contribution in [1.82, 2.24) is 4.98 Å². The predicted octanol–water partition coefficient (Wildman–Crippen LogP) is 0.717. The normalized spacial score (nSPS) is 12.5. The molecule has 0 radical (unpaired) electrons. The Hall–Kier alpha value is -1.19. The molecule has 3 nitrogen and oxygen atoms in total. The minimum atomic E-state index is -0.398. The molecule has 0 fully saturated rings. The van der Waals surface area contributed by atoms with Crippen LogP contribution in [0.4, 0.5) is 0 Å². The van der Waals surface area contributed by atoms with E-state index in [0.29, 0.717) is 5.69 Å². The molecular formula is C9H12N2O. The summed E-state index contributed by atoms with van der Waals surface area (Å²) in [5.41, 5.74) is 7.04. The maximum atomic E-state index is 8.76. The smallest absolute Gasteiger partial charge is 0.0705 e. The highest BCUT2D eigenvalue weighted by Gasteiger charge is 2.04. The molecule has 0 spiro atoms. The molecule has 0 aliphatic heterocycles. The lowest BCUT2D eigenvalue weighted by molar-refractivity contribution is 0.266. The van der Waals surface area contributed by atoms with E-state index in [2.05, 4.69) is 11.6 Å². The van der Waals surface area contributed by atoms with Crippen molar-refractivity contribution in [1.29, 1.82) is 0 Å². The second-order valence-corrected chi connectivity index (χ2v) is 2.48. The van der Waals surface area contributed by atoms with Crippen molar-refractivity contribution < 1.29 is 5.11 Å². The van der Waals surface area contributed by atoms with Crippen LogP contribution in [0.5, 0.6) is 0 Å². The van der Waals surface area contributed by atoms with E-state index in [4.69, 9.17) is 10.8 Å². The molecule has 0 aliphatic rings. The topological polar surface area (TPSA) is 59.1 Å². The number of pyridine rings is 1. The number of aliphatic hydroxyl groups excluding tert-OH is 1. The van der Waals surface area contributed by atoms with Crippen LogP contribution in [-0.2, 0) is 0 Å². The molecular weight excluding hydrogens is 152 g/mol. The first-order valence-electron chi connectivity index (χ1n) is 3.73. The second-order valence-electron chi connectivity index (χ2n) is 2.48. The number of rotatable bonds is 3. The number of nitrogens with two attached hydrogens (primary N) is 1. The Morgan fingerprint density at radius 2 is 2.42 bits per heavy atom. The van der Waals surface area contributed by atoms with Gasteiger partial charge in [0.1, 0.15) is 0 Å². The van der Waals surface area contributed by atoms with Crippen LogP contribution in [0.3, 0.4) is 0 Å². The van der Waals surface area contributed by atoms with Crippen LogP contribution in [0.1, 0.15) is 17.4 Å². The third-order valence-corrected chi connectivity index (χ3v) is 1.58. The third kappa shape index (κ3) is 1.90. The number of aromatic nitrogens is 1. The van der Waals surface area contributed by atoms with Crippen LogP contribution < -0.4 is 5.73 Å². The molecule has 3 heteroatoms. The number of nitrogens with zero attached hydrogens (tertiary/aromatic N) is 1. The summed E-state index contributed by atoms with van der Waals surface area (Å²) in [5.74, 6) is 0. The maximum Gasteiger partial charge on any atom is 0.0705 e. The van der Waals surface area contributed by atoms with Crippen LogP contribution in [0.2, 0.25) is 0 Å².